The molecule has 0 fully saturated rings. The van der Waals surface area contributed by atoms with E-state index in [2.05, 4.69) is 0 Å². The van der Waals surface area contributed by atoms with E-state index in [1.54, 1.807) is 60.7 Å². The second-order valence-electron chi connectivity index (χ2n) is 9.30. The third-order valence-corrected chi connectivity index (χ3v) is 8.39. The van der Waals surface area contributed by atoms with Crippen LogP contribution in [-0.4, -0.2) is 44.3 Å². The Kier molecular flexibility index (Phi) is 9.04. The second-order valence-corrected chi connectivity index (χ2v) is 11.1. The minimum absolute atomic E-state index is 0.0218. The molecule has 2 N–H and O–H groups in total. The van der Waals surface area contributed by atoms with Gasteiger partial charge in [0.2, 0.25) is 11.8 Å². The van der Waals surface area contributed by atoms with Gasteiger partial charge in [0.25, 0.3) is 10.0 Å². The van der Waals surface area contributed by atoms with Gasteiger partial charge in [-0.15, -0.1) is 0 Å². The lowest BCUT2D eigenvalue weighted by Crippen LogP contribution is -2.42. The summed E-state index contributed by atoms with van der Waals surface area (Å²) in [5, 5.41) is 1.54. The monoisotopic (exact) mass is 573 g/mol. The quantitative estimate of drug-likeness (QED) is 0.273. The van der Waals surface area contributed by atoms with Crippen LogP contribution in [0.5, 0.6) is 5.75 Å². The fourth-order valence-corrected chi connectivity index (χ4v) is 5.83. The number of ether oxygens (including phenoxy) is 1. The number of hydrogen-bond donors (Lipinski definition) is 1. The predicted octanol–water partition coefficient (Wildman–Crippen LogP) is 4.75. The Morgan fingerprint density at radius 2 is 1.41 bits per heavy atom. The van der Waals surface area contributed by atoms with Crippen molar-refractivity contribution in [3.8, 4) is 5.75 Å². The zero-order valence-electron chi connectivity index (χ0n) is 22.8. The molecule has 10 heteroatoms. The zero-order chi connectivity index (χ0) is 29.6. The van der Waals surface area contributed by atoms with E-state index in [0.29, 0.717) is 28.3 Å². The Bertz CT molecular complexity index is 1650. The predicted molar refractivity (Wildman–Crippen MR) is 157 cm³/mol. The van der Waals surface area contributed by atoms with Crippen molar-refractivity contribution in [2.24, 2.45) is 11.7 Å². The zero-order valence-corrected chi connectivity index (χ0v) is 23.6. The summed E-state index contributed by atoms with van der Waals surface area (Å²) in [5.74, 6) is -2.04. The Balaban J connectivity index is 1.70. The molecule has 0 heterocycles. The first-order chi connectivity index (χ1) is 19.6. The van der Waals surface area contributed by atoms with Crippen molar-refractivity contribution in [1.82, 2.24) is 4.90 Å². The number of carbonyl (C=O) groups excluding carboxylic acids is 3. The number of rotatable bonds is 10. The molecule has 4 aromatic carbocycles. The first-order valence-corrected chi connectivity index (χ1v) is 14.6. The number of carbonyl (C=O) groups is 3. The highest BCUT2D eigenvalue weighted by atomic mass is 32.2. The van der Waals surface area contributed by atoms with Crippen molar-refractivity contribution in [1.29, 1.82) is 0 Å². The highest BCUT2D eigenvalue weighted by Crippen LogP contribution is 2.29. The summed E-state index contributed by atoms with van der Waals surface area (Å²) in [6, 6.07) is 26.0. The van der Waals surface area contributed by atoms with Gasteiger partial charge in [-0.05, 0) is 73.0 Å². The molecule has 0 aliphatic rings. The summed E-state index contributed by atoms with van der Waals surface area (Å²) in [6.07, 6.45) is -1.10. The summed E-state index contributed by atoms with van der Waals surface area (Å²) in [5.41, 5.74) is 6.14. The lowest BCUT2D eigenvalue weighted by atomic mass is 9.97. The summed E-state index contributed by atoms with van der Waals surface area (Å²) < 4.78 is 33.8. The lowest BCUT2D eigenvalue weighted by molar-refractivity contribution is -0.140. The van der Waals surface area contributed by atoms with Crippen LogP contribution in [0.4, 0.5) is 10.5 Å². The minimum atomic E-state index is -4.42. The molecule has 0 spiro atoms. The number of nitrogens with zero attached hydrogens (tertiary/aromatic N) is 2. The maximum absolute atomic E-state index is 13.9. The summed E-state index contributed by atoms with van der Waals surface area (Å²) in [6.45, 7) is 4.49. The molecule has 0 aliphatic carbocycles. The van der Waals surface area contributed by atoms with Gasteiger partial charge in [0.15, 0.2) is 0 Å². The Hall–Kier alpha value is -4.70. The van der Waals surface area contributed by atoms with Gasteiger partial charge in [-0.25, -0.2) is 13.2 Å². The molecule has 0 saturated carbocycles. The van der Waals surface area contributed by atoms with Crippen LogP contribution in [-0.2, 0) is 26.0 Å². The molecule has 1 atom stereocenters. The molecule has 4 rings (SSSR count). The molecule has 0 bridgehead atoms. The molecule has 1 unspecified atom stereocenters. The average molecular weight is 574 g/mol. The minimum Gasteiger partial charge on any atom is -0.409 e. The van der Waals surface area contributed by atoms with Crippen molar-refractivity contribution in [2.75, 3.05) is 17.4 Å². The number of benzene rings is 4. The second kappa shape index (κ2) is 12.6. The number of fused-ring (bicyclic) bond motifs is 1. The van der Waals surface area contributed by atoms with Crippen molar-refractivity contribution >= 4 is 44.4 Å². The van der Waals surface area contributed by atoms with E-state index >= 15 is 0 Å². The van der Waals surface area contributed by atoms with Gasteiger partial charge in [-0.2, -0.15) is 4.31 Å². The summed E-state index contributed by atoms with van der Waals surface area (Å²) in [7, 11) is -4.42. The maximum atomic E-state index is 13.9. The summed E-state index contributed by atoms with van der Waals surface area (Å²) >= 11 is 0. The number of primary amides is 1. The van der Waals surface area contributed by atoms with E-state index < -0.39 is 27.9 Å². The Labute approximate surface area is 239 Å². The van der Waals surface area contributed by atoms with Gasteiger partial charge in [0, 0.05) is 13.1 Å². The van der Waals surface area contributed by atoms with Crippen LogP contribution >= 0.6 is 0 Å². The number of amides is 3. The number of para-hydroxylation sites is 1. The van der Waals surface area contributed by atoms with E-state index in [1.807, 2.05) is 26.0 Å². The van der Waals surface area contributed by atoms with E-state index in [-0.39, 0.29) is 28.7 Å². The number of nitrogens with two attached hydrogens (primary N) is 1. The SMILES string of the molecule is CCN(CC)C(=O)C(Cc1ccc(N(C(=O)Oc2ccccc2)S(=O)(=O)c2ccc3ccccc3c2)cc1)C(N)=O. The maximum Gasteiger partial charge on any atom is 0.434 e. The van der Waals surface area contributed by atoms with Crippen LogP contribution < -0.4 is 14.8 Å². The van der Waals surface area contributed by atoms with Gasteiger partial charge in [0.05, 0.1) is 10.6 Å². The topological polar surface area (TPSA) is 127 Å². The molecule has 0 aromatic heterocycles. The molecule has 0 aliphatic heterocycles. The van der Waals surface area contributed by atoms with E-state index in [0.717, 1.165) is 5.39 Å². The largest absolute Gasteiger partial charge is 0.434 e. The molecular formula is C31H31N3O6S. The van der Waals surface area contributed by atoms with Crippen LogP contribution in [0, 0.1) is 5.92 Å². The molecule has 9 nitrogen and oxygen atoms in total. The number of sulfonamides is 1. The van der Waals surface area contributed by atoms with Crippen LogP contribution in [0.25, 0.3) is 10.8 Å². The van der Waals surface area contributed by atoms with Crippen LogP contribution in [0.3, 0.4) is 0 Å². The van der Waals surface area contributed by atoms with Gasteiger partial charge in [-0.1, -0.05) is 60.7 Å². The van der Waals surface area contributed by atoms with E-state index in [9.17, 15) is 22.8 Å². The summed E-state index contributed by atoms with van der Waals surface area (Å²) in [4.78, 5) is 39.8. The molecular weight excluding hydrogens is 542 g/mol. The fraction of sp³-hybridized carbons (Fsp3) is 0.194. The smallest absolute Gasteiger partial charge is 0.409 e. The van der Waals surface area contributed by atoms with E-state index in [1.165, 1.54) is 29.2 Å². The van der Waals surface area contributed by atoms with Crippen molar-refractivity contribution in [2.45, 2.75) is 25.2 Å². The van der Waals surface area contributed by atoms with Gasteiger partial charge in [0.1, 0.15) is 11.7 Å². The third kappa shape index (κ3) is 6.55. The van der Waals surface area contributed by atoms with Crippen LogP contribution in [0.2, 0.25) is 0 Å². The third-order valence-electron chi connectivity index (χ3n) is 6.70. The van der Waals surface area contributed by atoms with Crippen LogP contribution in [0.1, 0.15) is 19.4 Å². The van der Waals surface area contributed by atoms with Crippen LogP contribution in [0.15, 0.2) is 102 Å². The fourth-order valence-electron chi connectivity index (χ4n) is 4.47. The molecule has 0 radical (unpaired) electrons. The highest BCUT2D eigenvalue weighted by molar-refractivity contribution is 7.93. The van der Waals surface area contributed by atoms with Crippen molar-refractivity contribution in [3.05, 3.63) is 103 Å². The van der Waals surface area contributed by atoms with Gasteiger partial charge >= 0.3 is 6.09 Å². The number of anilines is 1. The Morgan fingerprint density at radius 1 is 0.805 bits per heavy atom. The highest BCUT2D eigenvalue weighted by Gasteiger charge is 2.34. The molecule has 3 amide bonds. The molecule has 41 heavy (non-hydrogen) atoms. The molecule has 0 saturated heterocycles. The first-order valence-electron chi connectivity index (χ1n) is 13.1. The average Bonchev–Trinajstić information content (AvgIpc) is 2.97. The van der Waals surface area contributed by atoms with E-state index in [4.69, 9.17) is 10.5 Å². The molecule has 212 valence electrons. The van der Waals surface area contributed by atoms with Crippen molar-refractivity contribution in [3.63, 3.8) is 0 Å². The Morgan fingerprint density at radius 3 is 2.02 bits per heavy atom. The van der Waals surface area contributed by atoms with Crippen molar-refractivity contribution < 1.29 is 27.5 Å². The molecule has 4 aromatic rings. The van der Waals surface area contributed by atoms with Gasteiger partial charge in [-0.3, -0.25) is 9.59 Å². The normalized spacial score (nSPS) is 12.0. The standard InChI is InChI=1S/C31H31N3O6S/c1-3-33(4-2)30(36)28(29(32)35)20-22-14-17-25(18-15-22)34(31(37)40-26-12-6-5-7-13-26)41(38,39)27-19-16-23-10-8-9-11-24(23)21-27/h5-19,21,28H,3-4,20H2,1-2H3,(H2,32,35). The number of hydrogen-bond acceptors (Lipinski definition) is 6. The first kappa shape index (κ1) is 29.3. The van der Waals surface area contributed by atoms with Gasteiger partial charge < -0.3 is 15.4 Å². The lowest BCUT2D eigenvalue weighted by Gasteiger charge is -2.24.